The molecule has 0 atom stereocenters. The van der Waals surface area contributed by atoms with E-state index in [4.69, 9.17) is 0 Å². The van der Waals surface area contributed by atoms with Crippen LogP contribution in [0.15, 0.2) is 0 Å². The van der Waals surface area contributed by atoms with Gasteiger partial charge in [-0.25, -0.2) is 4.79 Å². The predicted molar refractivity (Wildman–Crippen MR) is 62.4 cm³/mol. The maximum atomic E-state index is 11.5. The molecule has 1 saturated heterocycles. The molecule has 96 valence electrons. The molecule has 1 heterocycles. The lowest BCUT2D eigenvalue weighted by Crippen LogP contribution is -2.46. The molecular formula is C11H19N3O3. The normalized spacial score (nSPS) is 17.5. The van der Waals surface area contributed by atoms with Gasteiger partial charge in [0, 0.05) is 12.5 Å². The lowest BCUT2D eigenvalue weighted by molar-refractivity contribution is -0.121. The van der Waals surface area contributed by atoms with Gasteiger partial charge in [-0.3, -0.25) is 15.0 Å². The number of urea groups is 1. The van der Waals surface area contributed by atoms with Gasteiger partial charge in [0.1, 0.15) is 6.29 Å². The van der Waals surface area contributed by atoms with Gasteiger partial charge in [-0.15, -0.1) is 0 Å². The van der Waals surface area contributed by atoms with Crippen molar-refractivity contribution >= 4 is 18.2 Å². The Hall–Kier alpha value is -1.43. The lowest BCUT2D eigenvalue weighted by Gasteiger charge is -2.28. The Morgan fingerprint density at radius 1 is 1.35 bits per heavy atom. The minimum absolute atomic E-state index is 0.123. The number of carbonyl (C=O) groups is 3. The highest BCUT2D eigenvalue weighted by Gasteiger charge is 2.20. The lowest BCUT2D eigenvalue weighted by atomic mass is 9.99. The van der Waals surface area contributed by atoms with Gasteiger partial charge in [-0.2, -0.15) is 0 Å². The standard InChI is InChI=1S/C11H19N3O3/c1-2-12-11(17)13-10(16)7-14-5-3-9(8-15)4-6-14/h8-9H,2-7H2,1H3,(H2,12,13,16,17). The Morgan fingerprint density at radius 2 is 2.00 bits per heavy atom. The quantitative estimate of drug-likeness (QED) is 0.665. The van der Waals surface area contributed by atoms with E-state index in [1.807, 2.05) is 4.90 Å². The number of carbonyl (C=O) groups excluding carboxylic acids is 3. The average Bonchev–Trinajstić information content (AvgIpc) is 2.30. The van der Waals surface area contributed by atoms with E-state index in [1.165, 1.54) is 0 Å². The molecule has 17 heavy (non-hydrogen) atoms. The Balaban J connectivity index is 2.23. The number of likely N-dealkylation sites (tertiary alicyclic amines) is 1. The molecule has 0 saturated carbocycles. The second-order valence-electron chi connectivity index (χ2n) is 4.16. The number of amides is 3. The number of rotatable bonds is 4. The maximum absolute atomic E-state index is 11.5. The van der Waals surface area contributed by atoms with Gasteiger partial charge in [-0.1, -0.05) is 0 Å². The van der Waals surface area contributed by atoms with Crippen LogP contribution in [0.1, 0.15) is 19.8 Å². The molecule has 1 fully saturated rings. The minimum atomic E-state index is -0.458. The van der Waals surface area contributed by atoms with Gasteiger partial charge >= 0.3 is 6.03 Å². The van der Waals surface area contributed by atoms with Crippen LogP contribution in [0.2, 0.25) is 0 Å². The smallest absolute Gasteiger partial charge is 0.321 e. The zero-order chi connectivity index (χ0) is 12.7. The molecule has 0 aliphatic carbocycles. The fourth-order valence-corrected chi connectivity index (χ4v) is 1.82. The van der Waals surface area contributed by atoms with Crippen LogP contribution >= 0.6 is 0 Å². The van der Waals surface area contributed by atoms with Crippen LogP contribution in [0.4, 0.5) is 4.79 Å². The van der Waals surface area contributed by atoms with Crippen molar-refractivity contribution in [1.29, 1.82) is 0 Å². The number of nitrogens with zero attached hydrogens (tertiary/aromatic N) is 1. The average molecular weight is 241 g/mol. The van der Waals surface area contributed by atoms with Gasteiger partial charge in [0.05, 0.1) is 6.54 Å². The van der Waals surface area contributed by atoms with Crippen LogP contribution in [0.5, 0.6) is 0 Å². The third kappa shape index (κ3) is 4.95. The van der Waals surface area contributed by atoms with Crippen molar-refractivity contribution in [1.82, 2.24) is 15.5 Å². The highest BCUT2D eigenvalue weighted by atomic mass is 16.2. The molecule has 0 aromatic heterocycles. The number of piperidine rings is 1. The molecule has 0 spiro atoms. The molecule has 1 rings (SSSR count). The van der Waals surface area contributed by atoms with Crippen LogP contribution in [0.3, 0.4) is 0 Å². The summed E-state index contributed by atoms with van der Waals surface area (Å²) in [5, 5.41) is 4.75. The summed E-state index contributed by atoms with van der Waals surface area (Å²) in [7, 11) is 0. The van der Waals surface area contributed by atoms with E-state index >= 15 is 0 Å². The van der Waals surface area contributed by atoms with Crippen molar-refractivity contribution in [3.63, 3.8) is 0 Å². The molecule has 6 nitrogen and oxygen atoms in total. The zero-order valence-electron chi connectivity index (χ0n) is 10.1. The summed E-state index contributed by atoms with van der Waals surface area (Å²) in [5.41, 5.74) is 0. The van der Waals surface area contributed by atoms with E-state index in [0.717, 1.165) is 32.2 Å². The first kappa shape index (κ1) is 13.6. The van der Waals surface area contributed by atoms with Crippen molar-refractivity contribution < 1.29 is 14.4 Å². The highest BCUT2D eigenvalue weighted by Crippen LogP contribution is 2.14. The summed E-state index contributed by atoms with van der Waals surface area (Å²) in [4.78, 5) is 35.1. The first-order valence-corrected chi connectivity index (χ1v) is 5.91. The summed E-state index contributed by atoms with van der Waals surface area (Å²) in [6, 6.07) is -0.458. The molecule has 6 heteroatoms. The summed E-state index contributed by atoms with van der Waals surface area (Å²) >= 11 is 0. The number of nitrogens with one attached hydrogen (secondary N) is 2. The molecule has 0 bridgehead atoms. The van der Waals surface area contributed by atoms with Crippen LogP contribution in [0.25, 0.3) is 0 Å². The largest absolute Gasteiger partial charge is 0.338 e. The summed E-state index contributed by atoms with van der Waals surface area (Å²) < 4.78 is 0. The second-order valence-corrected chi connectivity index (χ2v) is 4.16. The topological polar surface area (TPSA) is 78.5 Å². The van der Waals surface area contributed by atoms with Crippen molar-refractivity contribution in [2.75, 3.05) is 26.2 Å². The molecule has 0 unspecified atom stereocenters. The third-order valence-electron chi connectivity index (χ3n) is 2.78. The molecule has 3 amide bonds. The fraction of sp³-hybridized carbons (Fsp3) is 0.727. The molecular weight excluding hydrogens is 222 g/mol. The second kappa shape index (κ2) is 7.01. The molecule has 0 aromatic carbocycles. The first-order chi connectivity index (χ1) is 8.15. The van der Waals surface area contributed by atoms with Crippen LogP contribution in [-0.2, 0) is 9.59 Å². The van der Waals surface area contributed by atoms with E-state index in [-0.39, 0.29) is 18.4 Å². The van der Waals surface area contributed by atoms with E-state index in [1.54, 1.807) is 6.92 Å². The SMILES string of the molecule is CCNC(=O)NC(=O)CN1CCC(C=O)CC1. The van der Waals surface area contributed by atoms with E-state index < -0.39 is 6.03 Å². The predicted octanol–water partition coefficient (Wildman–Crippen LogP) is -0.257. The maximum Gasteiger partial charge on any atom is 0.321 e. The molecule has 0 radical (unpaired) electrons. The fourth-order valence-electron chi connectivity index (χ4n) is 1.82. The first-order valence-electron chi connectivity index (χ1n) is 5.91. The summed E-state index contributed by atoms with van der Waals surface area (Å²) in [6.07, 6.45) is 2.56. The van der Waals surface area contributed by atoms with E-state index in [0.29, 0.717) is 6.54 Å². The molecule has 2 N–H and O–H groups in total. The van der Waals surface area contributed by atoms with Gasteiger partial charge in [-0.05, 0) is 32.9 Å². The van der Waals surface area contributed by atoms with Gasteiger partial charge < -0.3 is 10.1 Å². The van der Waals surface area contributed by atoms with Crippen LogP contribution in [-0.4, -0.2) is 49.3 Å². The van der Waals surface area contributed by atoms with Gasteiger partial charge in [0.2, 0.25) is 5.91 Å². The Labute approximate surface area is 101 Å². The van der Waals surface area contributed by atoms with Crippen LogP contribution in [0, 0.1) is 5.92 Å². The zero-order valence-corrected chi connectivity index (χ0v) is 10.1. The monoisotopic (exact) mass is 241 g/mol. The summed E-state index contributed by atoms with van der Waals surface area (Å²) in [6.45, 7) is 3.94. The highest BCUT2D eigenvalue weighted by molar-refractivity contribution is 5.95. The van der Waals surface area contributed by atoms with Gasteiger partial charge in [0.25, 0.3) is 0 Å². The summed E-state index contributed by atoms with van der Waals surface area (Å²) in [5.74, 6) is -0.182. The number of hydrogen-bond donors (Lipinski definition) is 2. The van der Waals surface area contributed by atoms with Crippen molar-refractivity contribution in [2.24, 2.45) is 5.92 Å². The molecule has 1 aliphatic rings. The van der Waals surface area contributed by atoms with Crippen molar-refractivity contribution in [3.8, 4) is 0 Å². The van der Waals surface area contributed by atoms with E-state index in [9.17, 15) is 14.4 Å². The Bertz CT molecular complexity index is 286. The number of imide groups is 1. The molecule has 0 aromatic rings. The third-order valence-corrected chi connectivity index (χ3v) is 2.78. The minimum Gasteiger partial charge on any atom is -0.338 e. The number of aldehydes is 1. The number of hydrogen-bond acceptors (Lipinski definition) is 4. The van der Waals surface area contributed by atoms with Crippen LogP contribution < -0.4 is 10.6 Å². The Morgan fingerprint density at radius 3 is 2.53 bits per heavy atom. The van der Waals surface area contributed by atoms with Gasteiger partial charge in [0.15, 0.2) is 0 Å². The Kier molecular flexibility index (Phi) is 5.62. The van der Waals surface area contributed by atoms with Crippen molar-refractivity contribution in [2.45, 2.75) is 19.8 Å². The molecule has 1 aliphatic heterocycles. The van der Waals surface area contributed by atoms with Crippen molar-refractivity contribution in [3.05, 3.63) is 0 Å². The van der Waals surface area contributed by atoms with E-state index in [2.05, 4.69) is 10.6 Å².